The lowest BCUT2D eigenvalue weighted by Crippen LogP contribution is -2.27. The van der Waals surface area contributed by atoms with Gasteiger partial charge in [-0.05, 0) is 23.8 Å². The van der Waals surface area contributed by atoms with E-state index in [4.69, 9.17) is 5.73 Å². The van der Waals surface area contributed by atoms with Crippen molar-refractivity contribution in [3.63, 3.8) is 0 Å². The quantitative estimate of drug-likeness (QED) is 0.878. The maximum atomic E-state index is 12.2. The standard InChI is InChI=1S/C13H14N4O/c1-17(11-4-6-15-7-5-11)13(18)12-3-2-10(8-14)9-16-12/h2-7,9H,8,14H2,1H3. The lowest BCUT2D eigenvalue weighted by atomic mass is 10.2. The fourth-order valence-electron chi connectivity index (χ4n) is 1.53. The second kappa shape index (κ2) is 5.37. The molecular formula is C13H14N4O. The van der Waals surface area contributed by atoms with Crippen LogP contribution < -0.4 is 10.6 Å². The maximum absolute atomic E-state index is 12.2. The zero-order valence-electron chi connectivity index (χ0n) is 10.1. The molecule has 0 saturated heterocycles. The highest BCUT2D eigenvalue weighted by molar-refractivity contribution is 6.04. The number of carbonyl (C=O) groups excluding carboxylic acids is 1. The monoisotopic (exact) mass is 242 g/mol. The number of hydrogen-bond acceptors (Lipinski definition) is 4. The highest BCUT2D eigenvalue weighted by Gasteiger charge is 2.14. The molecule has 0 atom stereocenters. The summed E-state index contributed by atoms with van der Waals surface area (Å²) < 4.78 is 0. The molecule has 2 aromatic rings. The Morgan fingerprint density at radius 1 is 1.28 bits per heavy atom. The summed E-state index contributed by atoms with van der Waals surface area (Å²) in [4.78, 5) is 21.7. The molecule has 0 bridgehead atoms. The molecule has 0 aromatic carbocycles. The molecule has 18 heavy (non-hydrogen) atoms. The molecule has 2 aromatic heterocycles. The first kappa shape index (κ1) is 12.2. The van der Waals surface area contributed by atoms with Crippen molar-refractivity contribution in [2.45, 2.75) is 6.54 Å². The van der Waals surface area contributed by atoms with E-state index in [9.17, 15) is 4.79 Å². The summed E-state index contributed by atoms with van der Waals surface area (Å²) in [5.41, 5.74) is 7.56. The molecule has 0 saturated carbocycles. The van der Waals surface area contributed by atoms with Crippen molar-refractivity contribution in [2.24, 2.45) is 5.73 Å². The summed E-state index contributed by atoms with van der Waals surface area (Å²) in [6.07, 6.45) is 4.90. The van der Waals surface area contributed by atoms with Gasteiger partial charge in [-0.15, -0.1) is 0 Å². The van der Waals surface area contributed by atoms with Crippen molar-refractivity contribution in [3.05, 3.63) is 54.1 Å². The van der Waals surface area contributed by atoms with Gasteiger partial charge in [-0.25, -0.2) is 0 Å². The number of nitrogens with zero attached hydrogens (tertiary/aromatic N) is 3. The molecule has 92 valence electrons. The van der Waals surface area contributed by atoms with Crippen molar-refractivity contribution in [2.75, 3.05) is 11.9 Å². The highest BCUT2D eigenvalue weighted by Crippen LogP contribution is 2.13. The molecule has 1 amide bonds. The molecule has 5 nitrogen and oxygen atoms in total. The van der Waals surface area contributed by atoms with Crippen LogP contribution in [0.3, 0.4) is 0 Å². The van der Waals surface area contributed by atoms with Gasteiger partial charge >= 0.3 is 0 Å². The minimum absolute atomic E-state index is 0.162. The minimum Gasteiger partial charge on any atom is -0.326 e. The van der Waals surface area contributed by atoms with E-state index in [1.54, 1.807) is 49.9 Å². The van der Waals surface area contributed by atoms with Gasteiger partial charge < -0.3 is 10.6 Å². The molecule has 5 heteroatoms. The van der Waals surface area contributed by atoms with Crippen LogP contribution in [-0.2, 0) is 6.54 Å². The molecule has 0 aliphatic rings. The number of aromatic nitrogens is 2. The fourth-order valence-corrected chi connectivity index (χ4v) is 1.53. The number of pyridine rings is 2. The summed E-state index contributed by atoms with van der Waals surface area (Å²) in [5.74, 6) is -0.162. The zero-order chi connectivity index (χ0) is 13.0. The first-order valence-corrected chi connectivity index (χ1v) is 5.55. The number of hydrogen-bond donors (Lipinski definition) is 1. The Morgan fingerprint density at radius 2 is 2.00 bits per heavy atom. The predicted octanol–water partition coefficient (Wildman–Crippen LogP) is 1.21. The number of anilines is 1. The molecule has 0 fully saturated rings. The van der Waals surface area contributed by atoms with E-state index in [0.717, 1.165) is 11.3 Å². The first-order chi connectivity index (χ1) is 8.72. The van der Waals surface area contributed by atoms with Crippen molar-refractivity contribution in [1.29, 1.82) is 0 Å². The summed E-state index contributed by atoms with van der Waals surface area (Å²) >= 11 is 0. The Kier molecular flexibility index (Phi) is 3.64. The molecule has 0 spiro atoms. The Morgan fingerprint density at radius 3 is 2.56 bits per heavy atom. The van der Waals surface area contributed by atoms with E-state index >= 15 is 0 Å². The average molecular weight is 242 g/mol. The Balaban J connectivity index is 2.20. The van der Waals surface area contributed by atoms with E-state index in [1.165, 1.54) is 4.90 Å². The van der Waals surface area contributed by atoms with Crippen molar-refractivity contribution in [1.82, 2.24) is 9.97 Å². The van der Waals surface area contributed by atoms with Crippen LogP contribution >= 0.6 is 0 Å². The SMILES string of the molecule is CN(C(=O)c1ccc(CN)cn1)c1ccncc1. The highest BCUT2D eigenvalue weighted by atomic mass is 16.2. The number of rotatable bonds is 3. The molecule has 0 radical (unpaired) electrons. The van der Waals surface area contributed by atoms with Gasteiger partial charge in [0.1, 0.15) is 5.69 Å². The molecule has 0 unspecified atom stereocenters. The van der Waals surface area contributed by atoms with E-state index in [0.29, 0.717) is 12.2 Å². The Bertz CT molecular complexity index is 524. The van der Waals surface area contributed by atoms with Crippen LogP contribution in [0.4, 0.5) is 5.69 Å². The summed E-state index contributed by atoms with van der Waals surface area (Å²) in [6, 6.07) is 7.03. The Labute approximate surface area is 105 Å². The third-order valence-electron chi connectivity index (χ3n) is 2.63. The Hall–Kier alpha value is -2.27. The molecule has 0 aliphatic heterocycles. The minimum atomic E-state index is -0.162. The van der Waals surface area contributed by atoms with Crippen LogP contribution in [0.1, 0.15) is 16.1 Å². The molecule has 2 N–H and O–H groups in total. The topological polar surface area (TPSA) is 72.1 Å². The van der Waals surface area contributed by atoms with Gasteiger partial charge in [0, 0.05) is 37.9 Å². The van der Waals surface area contributed by atoms with Crippen LogP contribution in [-0.4, -0.2) is 22.9 Å². The smallest absolute Gasteiger partial charge is 0.276 e. The lowest BCUT2D eigenvalue weighted by molar-refractivity contribution is 0.0988. The molecule has 2 rings (SSSR count). The van der Waals surface area contributed by atoms with Gasteiger partial charge in [0.25, 0.3) is 5.91 Å². The van der Waals surface area contributed by atoms with E-state index in [-0.39, 0.29) is 5.91 Å². The van der Waals surface area contributed by atoms with Crippen LogP contribution in [0.2, 0.25) is 0 Å². The van der Waals surface area contributed by atoms with E-state index in [2.05, 4.69) is 9.97 Å². The van der Waals surface area contributed by atoms with Crippen LogP contribution in [0.15, 0.2) is 42.9 Å². The second-order valence-electron chi connectivity index (χ2n) is 3.83. The van der Waals surface area contributed by atoms with Crippen LogP contribution in [0, 0.1) is 0 Å². The fraction of sp³-hybridized carbons (Fsp3) is 0.154. The summed E-state index contributed by atoms with van der Waals surface area (Å²) in [6.45, 7) is 0.418. The third-order valence-corrected chi connectivity index (χ3v) is 2.63. The number of carbonyl (C=O) groups is 1. The molecular weight excluding hydrogens is 228 g/mol. The van der Waals surface area contributed by atoms with Gasteiger partial charge in [0.15, 0.2) is 0 Å². The average Bonchev–Trinajstić information content (AvgIpc) is 2.47. The van der Waals surface area contributed by atoms with Gasteiger partial charge in [-0.2, -0.15) is 0 Å². The normalized spacial score (nSPS) is 10.1. The van der Waals surface area contributed by atoms with Gasteiger partial charge in [0.2, 0.25) is 0 Å². The lowest BCUT2D eigenvalue weighted by Gasteiger charge is -2.16. The third kappa shape index (κ3) is 2.52. The van der Waals surface area contributed by atoms with Crippen molar-refractivity contribution >= 4 is 11.6 Å². The summed E-state index contributed by atoms with van der Waals surface area (Å²) in [5, 5.41) is 0. The van der Waals surface area contributed by atoms with Crippen molar-refractivity contribution < 1.29 is 4.79 Å². The predicted molar refractivity (Wildman–Crippen MR) is 69.1 cm³/mol. The maximum Gasteiger partial charge on any atom is 0.276 e. The first-order valence-electron chi connectivity index (χ1n) is 5.55. The van der Waals surface area contributed by atoms with Crippen molar-refractivity contribution in [3.8, 4) is 0 Å². The second-order valence-corrected chi connectivity index (χ2v) is 3.83. The van der Waals surface area contributed by atoms with Gasteiger partial charge in [0.05, 0.1) is 0 Å². The largest absolute Gasteiger partial charge is 0.326 e. The van der Waals surface area contributed by atoms with E-state index < -0.39 is 0 Å². The number of amides is 1. The van der Waals surface area contributed by atoms with Gasteiger partial charge in [-0.3, -0.25) is 14.8 Å². The number of nitrogens with two attached hydrogens (primary N) is 1. The molecule has 0 aliphatic carbocycles. The van der Waals surface area contributed by atoms with Gasteiger partial charge in [-0.1, -0.05) is 6.07 Å². The van der Waals surface area contributed by atoms with Crippen LogP contribution in [0.25, 0.3) is 0 Å². The molecule has 2 heterocycles. The van der Waals surface area contributed by atoms with Crippen LogP contribution in [0.5, 0.6) is 0 Å². The summed E-state index contributed by atoms with van der Waals surface area (Å²) in [7, 11) is 1.70. The zero-order valence-corrected chi connectivity index (χ0v) is 10.1. The van der Waals surface area contributed by atoms with E-state index in [1.807, 2.05) is 0 Å².